The van der Waals surface area contributed by atoms with Crippen molar-refractivity contribution in [2.45, 2.75) is 123 Å². The SMILES string of the molecule is C[C@H](CCCO)[C@H]1CC[C@H]2C3[C@H](O)CC4C[C@@H](OC5CCCCO5)CC[C@]4(C)[C@H]3CC[C@]12C. The lowest BCUT2D eigenvalue weighted by atomic mass is 9.43. The van der Waals surface area contributed by atoms with Crippen molar-refractivity contribution in [2.24, 2.45) is 46.3 Å². The molecule has 0 radical (unpaired) electrons. The Morgan fingerprint density at radius 3 is 2.52 bits per heavy atom. The van der Waals surface area contributed by atoms with Gasteiger partial charge in [-0.15, -0.1) is 0 Å². The number of fused-ring (bicyclic) bond motifs is 5. The van der Waals surface area contributed by atoms with Crippen LogP contribution in [0, 0.1) is 46.3 Å². The monoisotopic (exact) mass is 462 g/mol. The largest absolute Gasteiger partial charge is 0.396 e. The lowest BCUT2D eigenvalue weighted by Gasteiger charge is -2.62. The second kappa shape index (κ2) is 9.71. The topological polar surface area (TPSA) is 58.9 Å². The molecule has 11 atom stereocenters. The van der Waals surface area contributed by atoms with Crippen LogP contribution in [0.5, 0.6) is 0 Å². The Morgan fingerprint density at radius 2 is 1.76 bits per heavy atom. The maximum absolute atomic E-state index is 11.6. The third-order valence-electron chi connectivity index (χ3n) is 11.7. The van der Waals surface area contributed by atoms with Gasteiger partial charge in [-0.05, 0) is 130 Å². The summed E-state index contributed by atoms with van der Waals surface area (Å²) in [5.74, 6) is 3.85. The number of rotatable bonds is 6. The molecule has 2 N–H and O–H groups in total. The number of hydrogen-bond donors (Lipinski definition) is 2. The Labute approximate surface area is 202 Å². The molecule has 0 spiro atoms. The van der Waals surface area contributed by atoms with Crippen molar-refractivity contribution < 1.29 is 19.7 Å². The molecule has 3 unspecified atom stereocenters. The molecule has 1 aliphatic heterocycles. The van der Waals surface area contributed by atoms with Crippen LogP contribution in [0.3, 0.4) is 0 Å². The minimum absolute atomic E-state index is 0.00741. The number of aliphatic hydroxyl groups excluding tert-OH is 2. The van der Waals surface area contributed by atoms with E-state index in [1.807, 2.05) is 0 Å². The molecule has 5 aliphatic rings. The average Bonchev–Trinajstić information content (AvgIpc) is 3.16. The van der Waals surface area contributed by atoms with Crippen LogP contribution in [0.2, 0.25) is 0 Å². The van der Waals surface area contributed by atoms with Gasteiger partial charge >= 0.3 is 0 Å². The van der Waals surface area contributed by atoms with Crippen molar-refractivity contribution in [1.82, 2.24) is 0 Å². The highest BCUT2D eigenvalue weighted by atomic mass is 16.7. The van der Waals surface area contributed by atoms with Gasteiger partial charge in [0.05, 0.1) is 12.2 Å². The zero-order valence-corrected chi connectivity index (χ0v) is 21.5. The smallest absolute Gasteiger partial charge is 0.157 e. The van der Waals surface area contributed by atoms with Crippen molar-refractivity contribution in [3.05, 3.63) is 0 Å². The molecule has 190 valence electrons. The van der Waals surface area contributed by atoms with Crippen LogP contribution < -0.4 is 0 Å². The lowest BCUT2D eigenvalue weighted by Crippen LogP contribution is -2.59. The minimum atomic E-state index is -0.145. The molecule has 1 saturated heterocycles. The Balaban J connectivity index is 1.28. The molecule has 33 heavy (non-hydrogen) atoms. The molecule has 4 nitrogen and oxygen atoms in total. The first-order valence-electron chi connectivity index (χ1n) is 14.4. The standard InChI is InChI=1S/C29H50O4/c1-19(7-6-15-30)22-9-10-23-27-24(12-14-29(22,23)3)28(2)13-11-21(17-20(28)18-25(27)31)33-26-8-4-5-16-32-26/h19-27,30-31H,4-18H2,1-3H3/t19-,20?,21+,22-,23+,24+,25-,26?,27?,28+,29-/m1/s1. The summed E-state index contributed by atoms with van der Waals surface area (Å²) in [6.45, 7) is 8.73. The van der Waals surface area contributed by atoms with Gasteiger partial charge in [-0.1, -0.05) is 20.8 Å². The summed E-state index contributed by atoms with van der Waals surface area (Å²) >= 11 is 0. The molecule has 0 aromatic heterocycles. The van der Waals surface area contributed by atoms with Crippen LogP contribution in [0.1, 0.15) is 104 Å². The molecule has 0 amide bonds. The van der Waals surface area contributed by atoms with E-state index < -0.39 is 0 Å². The van der Waals surface area contributed by atoms with Crippen molar-refractivity contribution in [3.8, 4) is 0 Å². The van der Waals surface area contributed by atoms with E-state index >= 15 is 0 Å². The molecule has 4 saturated carbocycles. The van der Waals surface area contributed by atoms with Gasteiger partial charge in [0.2, 0.25) is 0 Å². The third kappa shape index (κ3) is 4.34. The quantitative estimate of drug-likeness (QED) is 0.480. The van der Waals surface area contributed by atoms with Crippen LogP contribution in [0.25, 0.3) is 0 Å². The fraction of sp³-hybridized carbons (Fsp3) is 1.00. The van der Waals surface area contributed by atoms with Gasteiger partial charge in [-0.3, -0.25) is 0 Å². The van der Waals surface area contributed by atoms with E-state index in [4.69, 9.17) is 9.47 Å². The predicted octanol–water partition coefficient (Wildman–Crippen LogP) is 5.94. The maximum Gasteiger partial charge on any atom is 0.157 e. The van der Waals surface area contributed by atoms with Crippen LogP contribution in [0.15, 0.2) is 0 Å². The predicted molar refractivity (Wildman–Crippen MR) is 131 cm³/mol. The zero-order chi connectivity index (χ0) is 23.2. The zero-order valence-electron chi connectivity index (χ0n) is 21.5. The second-order valence-electron chi connectivity index (χ2n) is 13.2. The fourth-order valence-electron chi connectivity index (χ4n) is 9.93. The summed E-state index contributed by atoms with van der Waals surface area (Å²) in [5, 5.41) is 20.9. The summed E-state index contributed by atoms with van der Waals surface area (Å²) in [5.41, 5.74) is 0.734. The highest BCUT2D eigenvalue weighted by molar-refractivity contribution is 5.11. The molecule has 0 aromatic rings. The van der Waals surface area contributed by atoms with E-state index in [0.717, 1.165) is 51.0 Å². The molecule has 5 fully saturated rings. The molecular weight excluding hydrogens is 412 g/mol. The molecule has 4 heteroatoms. The first-order chi connectivity index (χ1) is 15.9. The van der Waals surface area contributed by atoms with Gasteiger partial charge in [0, 0.05) is 13.2 Å². The van der Waals surface area contributed by atoms with Gasteiger partial charge in [-0.2, -0.15) is 0 Å². The lowest BCUT2D eigenvalue weighted by molar-refractivity contribution is -0.221. The molecule has 4 aliphatic carbocycles. The van der Waals surface area contributed by atoms with E-state index in [1.165, 1.54) is 44.9 Å². The number of ether oxygens (including phenoxy) is 2. The number of hydrogen-bond acceptors (Lipinski definition) is 4. The maximum atomic E-state index is 11.6. The van der Waals surface area contributed by atoms with E-state index in [2.05, 4.69) is 20.8 Å². The molecule has 0 bridgehead atoms. The summed E-state index contributed by atoms with van der Waals surface area (Å²) in [4.78, 5) is 0. The minimum Gasteiger partial charge on any atom is -0.396 e. The van der Waals surface area contributed by atoms with E-state index in [9.17, 15) is 10.2 Å². The van der Waals surface area contributed by atoms with Gasteiger partial charge in [0.15, 0.2) is 6.29 Å². The Hall–Kier alpha value is -0.160. The van der Waals surface area contributed by atoms with Crippen molar-refractivity contribution in [2.75, 3.05) is 13.2 Å². The summed E-state index contributed by atoms with van der Waals surface area (Å²) in [7, 11) is 0. The first kappa shape index (κ1) is 24.5. The first-order valence-corrected chi connectivity index (χ1v) is 14.4. The van der Waals surface area contributed by atoms with E-state index in [-0.39, 0.29) is 12.4 Å². The summed E-state index contributed by atoms with van der Waals surface area (Å²) in [6.07, 6.45) is 15.4. The van der Waals surface area contributed by atoms with Crippen LogP contribution in [-0.4, -0.2) is 41.9 Å². The average molecular weight is 463 g/mol. The number of aliphatic hydroxyl groups is 2. The van der Waals surface area contributed by atoms with Crippen molar-refractivity contribution in [1.29, 1.82) is 0 Å². The third-order valence-corrected chi connectivity index (χ3v) is 11.7. The highest BCUT2D eigenvalue weighted by Crippen LogP contribution is 2.68. The van der Waals surface area contributed by atoms with E-state index in [1.54, 1.807) is 0 Å². The Kier molecular flexibility index (Phi) is 7.22. The van der Waals surface area contributed by atoms with Crippen molar-refractivity contribution >= 4 is 0 Å². The van der Waals surface area contributed by atoms with Crippen molar-refractivity contribution in [3.63, 3.8) is 0 Å². The van der Waals surface area contributed by atoms with Crippen LogP contribution in [-0.2, 0) is 9.47 Å². The van der Waals surface area contributed by atoms with Crippen LogP contribution >= 0.6 is 0 Å². The highest BCUT2D eigenvalue weighted by Gasteiger charge is 2.63. The Bertz CT molecular complexity index is 662. The normalized spacial score (nSPS) is 50.8. The van der Waals surface area contributed by atoms with Gasteiger partial charge in [0.25, 0.3) is 0 Å². The molecule has 0 aromatic carbocycles. The molecular formula is C29H50O4. The molecule has 5 rings (SSSR count). The Morgan fingerprint density at radius 1 is 0.970 bits per heavy atom. The van der Waals surface area contributed by atoms with E-state index in [0.29, 0.717) is 53.1 Å². The van der Waals surface area contributed by atoms with Gasteiger partial charge in [-0.25, -0.2) is 0 Å². The van der Waals surface area contributed by atoms with Crippen LogP contribution in [0.4, 0.5) is 0 Å². The molecule has 1 heterocycles. The fourth-order valence-corrected chi connectivity index (χ4v) is 9.93. The summed E-state index contributed by atoms with van der Waals surface area (Å²) < 4.78 is 12.3. The van der Waals surface area contributed by atoms with Gasteiger partial charge in [0.1, 0.15) is 0 Å². The summed E-state index contributed by atoms with van der Waals surface area (Å²) in [6, 6.07) is 0. The van der Waals surface area contributed by atoms with Gasteiger partial charge < -0.3 is 19.7 Å². The second-order valence-corrected chi connectivity index (χ2v) is 13.2.